The Morgan fingerprint density at radius 3 is 3.15 bits per heavy atom. The number of hydrogen-bond acceptors (Lipinski definition) is 6. The second-order valence-corrected chi connectivity index (χ2v) is 8.61. The van der Waals surface area contributed by atoms with E-state index in [1.54, 1.807) is 17.7 Å². The Hall–Kier alpha value is -1.90. The molecule has 3 aromatic rings. The average molecular weight is 420 g/mol. The van der Waals surface area contributed by atoms with Gasteiger partial charge in [-0.2, -0.15) is 0 Å². The lowest BCUT2D eigenvalue weighted by molar-refractivity contribution is -0.129. The van der Waals surface area contributed by atoms with Crippen LogP contribution in [0.1, 0.15) is 23.8 Å². The van der Waals surface area contributed by atoms with Crippen LogP contribution >= 0.6 is 34.7 Å². The van der Waals surface area contributed by atoms with E-state index < -0.39 is 0 Å². The fraction of sp³-hybridized carbons (Fsp3) is 0.333. The van der Waals surface area contributed by atoms with E-state index in [-0.39, 0.29) is 5.91 Å². The van der Waals surface area contributed by atoms with Gasteiger partial charge in [-0.3, -0.25) is 9.36 Å². The van der Waals surface area contributed by atoms with E-state index in [1.807, 2.05) is 45.3 Å². The molecular formula is C18H18ClN5OS2. The molecule has 2 aromatic heterocycles. The molecule has 140 valence electrons. The van der Waals surface area contributed by atoms with E-state index in [0.29, 0.717) is 21.8 Å². The first-order valence-corrected chi connectivity index (χ1v) is 10.9. The molecule has 1 aliphatic rings. The number of nitrogens with zero attached hydrogens (tertiary/aromatic N) is 5. The van der Waals surface area contributed by atoms with Gasteiger partial charge in [0.25, 0.3) is 0 Å². The largest absolute Gasteiger partial charge is 0.341 e. The number of amides is 1. The number of halogens is 1. The fourth-order valence-corrected chi connectivity index (χ4v) is 4.97. The van der Waals surface area contributed by atoms with Crippen molar-refractivity contribution in [1.82, 2.24) is 24.6 Å². The summed E-state index contributed by atoms with van der Waals surface area (Å²) >= 11 is 9.14. The zero-order valence-electron chi connectivity index (χ0n) is 14.5. The van der Waals surface area contributed by atoms with Gasteiger partial charge in [-0.05, 0) is 31.0 Å². The van der Waals surface area contributed by atoms with Crippen molar-refractivity contribution in [3.8, 4) is 5.69 Å². The van der Waals surface area contributed by atoms with Crippen LogP contribution in [0.3, 0.4) is 0 Å². The van der Waals surface area contributed by atoms with Crippen molar-refractivity contribution in [2.24, 2.45) is 0 Å². The second-order valence-electron chi connectivity index (χ2n) is 6.30. The molecule has 0 saturated carbocycles. The highest BCUT2D eigenvalue weighted by Gasteiger charge is 2.26. The van der Waals surface area contributed by atoms with Gasteiger partial charge in [0.15, 0.2) is 5.16 Å². The van der Waals surface area contributed by atoms with Crippen LogP contribution in [-0.4, -0.2) is 49.4 Å². The number of likely N-dealkylation sites (tertiary alicyclic amines) is 1. The summed E-state index contributed by atoms with van der Waals surface area (Å²) in [4.78, 5) is 19.1. The Labute approximate surface area is 170 Å². The van der Waals surface area contributed by atoms with Crippen LogP contribution < -0.4 is 0 Å². The molecule has 4 rings (SSSR count). The predicted molar refractivity (Wildman–Crippen MR) is 108 cm³/mol. The van der Waals surface area contributed by atoms with Gasteiger partial charge in [0.05, 0.1) is 16.4 Å². The first kappa shape index (κ1) is 18.5. The topological polar surface area (TPSA) is 63.9 Å². The van der Waals surface area contributed by atoms with Crippen LogP contribution in [0, 0.1) is 0 Å². The smallest absolute Gasteiger partial charge is 0.233 e. The van der Waals surface area contributed by atoms with Crippen molar-refractivity contribution in [3.05, 3.63) is 52.2 Å². The van der Waals surface area contributed by atoms with Crippen LogP contribution in [0.2, 0.25) is 5.02 Å². The first-order valence-electron chi connectivity index (χ1n) is 8.66. The Balaban J connectivity index is 1.39. The molecule has 3 heterocycles. The van der Waals surface area contributed by atoms with Gasteiger partial charge in [0, 0.05) is 35.6 Å². The zero-order chi connectivity index (χ0) is 18.6. The fourth-order valence-electron chi connectivity index (χ4n) is 3.18. The minimum absolute atomic E-state index is 0.127. The standard InChI is InChI=1S/C18H18ClN5OS2/c19-14-4-1-5-15(9-14)24-12-21-22-18(24)27-11-16(25)23-7-2-3-13(10-23)17-20-6-8-26-17/h1,4-6,8-9,12-13H,2-3,7,10-11H2. The molecule has 1 atom stereocenters. The Kier molecular flexibility index (Phi) is 5.75. The van der Waals surface area contributed by atoms with E-state index in [1.165, 1.54) is 11.8 Å². The predicted octanol–water partition coefficient (Wildman–Crippen LogP) is 3.88. The number of benzene rings is 1. The van der Waals surface area contributed by atoms with Crippen molar-refractivity contribution >= 4 is 40.6 Å². The van der Waals surface area contributed by atoms with Crippen molar-refractivity contribution in [2.75, 3.05) is 18.8 Å². The Morgan fingerprint density at radius 1 is 1.41 bits per heavy atom. The van der Waals surface area contributed by atoms with Gasteiger partial charge in [0.1, 0.15) is 6.33 Å². The molecule has 1 aromatic carbocycles. The summed E-state index contributed by atoms with van der Waals surface area (Å²) in [5.74, 6) is 0.814. The molecule has 1 saturated heterocycles. The summed E-state index contributed by atoms with van der Waals surface area (Å²) in [5.41, 5.74) is 0.879. The highest BCUT2D eigenvalue weighted by molar-refractivity contribution is 7.99. The molecule has 27 heavy (non-hydrogen) atoms. The number of carbonyl (C=O) groups is 1. The summed E-state index contributed by atoms with van der Waals surface area (Å²) < 4.78 is 1.85. The van der Waals surface area contributed by atoms with Crippen LogP contribution in [0.25, 0.3) is 5.69 Å². The normalized spacial score (nSPS) is 17.2. The average Bonchev–Trinajstić information content (AvgIpc) is 3.38. The molecule has 6 nitrogen and oxygen atoms in total. The maximum absolute atomic E-state index is 12.7. The minimum atomic E-state index is 0.127. The van der Waals surface area contributed by atoms with Gasteiger partial charge >= 0.3 is 0 Å². The quantitative estimate of drug-likeness (QED) is 0.587. The van der Waals surface area contributed by atoms with Gasteiger partial charge in [-0.15, -0.1) is 21.5 Å². The molecule has 1 fully saturated rings. The van der Waals surface area contributed by atoms with E-state index >= 15 is 0 Å². The molecule has 1 unspecified atom stereocenters. The lowest BCUT2D eigenvalue weighted by Gasteiger charge is -2.31. The maximum atomic E-state index is 12.7. The Bertz CT molecular complexity index is 914. The van der Waals surface area contributed by atoms with Crippen LogP contribution in [-0.2, 0) is 4.79 Å². The van der Waals surface area contributed by atoms with E-state index in [2.05, 4.69) is 15.2 Å². The number of thiazole rings is 1. The SMILES string of the molecule is O=C(CSc1nncn1-c1cccc(Cl)c1)N1CCCC(c2nccs2)C1. The molecule has 9 heteroatoms. The zero-order valence-corrected chi connectivity index (χ0v) is 16.9. The number of carbonyl (C=O) groups excluding carboxylic acids is 1. The van der Waals surface area contributed by atoms with Gasteiger partial charge in [0.2, 0.25) is 5.91 Å². The lowest BCUT2D eigenvalue weighted by Crippen LogP contribution is -2.40. The van der Waals surface area contributed by atoms with Crippen LogP contribution in [0.15, 0.2) is 47.3 Å². The van der Waals surface area contributed by atoms with Crippen LogP contribution in [0.5, 0.6) is 0 Å². The summed E-state index contributed by atoms with van der Waals surface area (Å²) in [6, 6.07) is 7.48. The molecule has 0 radical (unpaired) electrons. The number of hydrogen-bond donors (Lipinski definition) is 0. The maximum Gasteiger partial charge on any atom is 0.233 e. The van der Waals surface area contributed by atoms with Crippen molar-refractivity contribution in [3.63, 3.8) is 0 Å². The van der Waals surface area contributed by atoms with Crippen molar-refractivity contribution in [2.45, 2.75) is 23.9 Å². The first-order chi connectivity index (χ1) is 13.2. The molecule has 0 N–H and O–H groups in total. The molecule has 0 spiro atoms. The highest BCUT2D eigenvalue weighted by atomic mass is 35.5. The third-order valence-corrected chi connectivity index (χ3v) is 6.60. The van der Waals surface area contributed by atoms with Crippen LogP contribution in [0.4, 0.5) is 0 Å². The molecule has 1 aliphatic heterocycles. The molecular weight excluding hydrogens is 402 g/mol. The third kappa shape index (κ3) is 4.34. The Morgan fingerprint density at radius 2 is 2.33 bits per heavy atom. The van der Waals surface area contributed by atoms with Gasteiger partial charge < -0.3 is 4.90 Å². The highest BCUT2D eigenvalue weighted by Crippen LogP contribution is 2.29. The van der Waals surface area contributed by atoms with E-state index in [4.69, 9.17) is 11.6 Å². The second kappa shape index (κ2) is 8.41. The minimum Gasteiger partial charge on any atom is -0.341 e. The number of thioether (sulfide) groups is 1. The number of rotatable bonds is 5. The summed E-state index contributed by atoms with van der Waals surface area (Å²) in [6.45, 7) is 1.55. The van der Waals surface area contributed by atoms with Gasteiger partial charge in [-0.25, -0.2) is 4.98 Å². The summed E-state index contributed by atoms with van der Waals surface area (Å²) in [7, 11) is 0. The summed E-state index contributed by atoms with van der Waals surface area (Å²) in [6.07, 6.45) is 5.57. The number of aromatic nitrogens is 4. The molecule has 0 bridgehead atoms. The molecule has 0 aliphatic carbocycles. The van der Waals surface area contributed by atoms with Gasteiger partial charge in [-0.1, -0.05) is 29.4 Å². The monoisotopic (exact) mass is 419 g/mol. The van der Waals surface area contributed by atoms with Crippen molar-refractivity contribution < 1.29 is 4.79 Å². The lowest BCUT2D eigenvalue weighted by atomic mass is 9.99. The summed E-state index contributed by atoms with van der Waals surface area (Å²) in [5, 5.41) is 12.6. The van der Waals surface area contributed by atoms with Crippen molar-refractivity contribution in [1.29, 1.82) is 0 Å². The van der Waals surface area contributed by atoms with E-state index in [9.17, 15) is 4.79 Å². The third-order valence-electron chi connectivity index (χ3n) is 4.50. The molecule has 1 amide bonds. The van der Waals surface area contributed by atoms with E-state index in [0.717, 1.165) is 36.6 Å². The number of piperidine rings is 1.